The van der Waals surface area contributed by atoms with Gasteiger partial charge in [0.25, 0.3) is 0 Å². The van der Waals surface area contributed by atoms with E-state index in [4.69, 9.17) is 11.6 Å². The summed E-state index contributed by atoms with van der Waals surface area (Å²) in [6.45, 7) is 1.64. The molecule has 2 amide bonds. The minimum Gasteiger partial charge on any atom is -0.391 e. The van der Waals surface area contributed by atoms with Crippen molar-refractivity contribution in [2.24, 2.45) is 0 Å². The van der Waals surface area contributed by atoms with Gasteiger partial charge in [-0.1, -0.05) is 23.7 Å². The summed E-state index contributed by atoms with van der Waals surface area (Å²) in [4.78, 5) is 25.6. The van der Waals surface area contributed by atoms with E-state index in [1.165, 1.54) is 11.8 Å². The number of nitrogens with zero attached hydrogens (tertiary/aromatic N) is 1. The Balaban J connectivity index is 1.75. The Kier molecular flexibility index (Phi) is 3.87. The highest BCUT2D eigenvalue weighted by molar-refractivity contribution is 6.30. The van der Waals surface area contributed by atoms with Crippen LogP contribution in [0.2, 0.25) is 5.02 Å². The summed E-state index contributed by atoms with van der Waals surface area (Å²) < 4.78 is 0. The van der Waals surface area contributed by atoms with Crippen LogP contribution in [0.1, 0.15) is 31.7 Å². The molecule has 0 unspecified atom stereocenters. The molecule has 1 aliphatic carbocycles. The van der Waals surface area contributed by atoms with Crippen LogP contribution >= 0.6 is 11.6 Å². The molecule has 1 aliphatic heterocycles. The molecule has 1 aromatic rings. The van der Waals surface area contributed by atoms with Gasteiger partial charge in [-0.2, -0.15) is 0 Å². The lowest BCUT2D eigenvalue weighted by Crippen LogP contribution is -2.48. The summed E-state index contributed by atoms with van der Waals surface area (Å²) in [7, 11) is 0. The largest absolute Gasteiger partial charge is 0.391 e. The number of carbonyl (C=O) groups excluding carboxylic acids is 2. The second kappa shape index (κ2) is 5.56. The molecule has 1 saturated carbocycles. The van der Waals surface area contributed by atoms with Gasteiger partial charge in [0.15, 0.2) is 0 Å². The average Bonchev–Trinajstić information content (AvgIpc) is 3.12. The molecule has 2 atom stereocenters. The number of β-amino-alcohol motifs (C(OH)–C–C–N with tert-alkyl or cyclic N) is 1. The highest BCUT2D eigenvalue weighted by Gasteiger charge is 2.48. The summed E-state index contributed by atoms with van der Waals surface area (Å²) >= 11 is 6.03. The number of hydrogen-bond donors (Lipinski definition) is 2. The zero-order valence-electron chi connectivity index (χ0n) is 12.4. The molecule has 2 fully saturated rings. The van der Waals surface area contributed by atoms with Crippen LogP contribution in [0.4, 0.5) is 0 Å². The van der Waals surface area contributed by atoms with Crippen LogP contribution in [0, 0.1) is 0 Å². The zero-order valence-corrected chi connectivity index (χ0v) is 13.1. The van der Waals surface area contributed by atoms with Crippen LogP contribution in [-0.2, 0) is 15.1 Å². The number of rotatable bonds is 3. The van der Waals surface area contributed by atoms with Gasteiger partial charge in [-0.3, -0.25) is 9.59 Å². The third-order valence-electron chi connectivity index (χ3n) is 4.48. The Morgan fingerprint density at radius 2 is 2.14 bits per heavy atom. The van der Waals surface area contributed by atoms with Crippen molar-refractivity contribution in [1.82, 2.24) is 10.2 Å². The van der Waals surface area contributed by atoms with Gasteiger partial charge in [0.2, 0.25) is 11.8 Å². The molecule has 0 bridgehead atoms. The van der Waals surface area contributed by atoms with Crippen molar-refractivity contribution in [3.05, 3.63) is 34.9 Å². The molecule has 2 aliphatic rings. The van der Waals surface area contributed by atoms with Crippen LogP contribution in [0.25, 0.3) is 0 Å². The van der Waals surface area contributed by atoms with Crippen molar-refractivity contribution in [1.29, 1.82) is 0 Å². The Bertz CT molecular complexity index is 615. The van der Waals surface area contributed by atoms with Crippen molar-refractivity contribution in [2.45, 2.75) is 43.9 Å². The van der Waals surface area contributed by atoms with Crippen LogP contribution in [-0.4, -0.2) is 40.5 Å². The van der Waals surface area contributed by atoms with E-state index in [0.29, 0.717) is 5.02 Å². The number of likely N-dealkylation sites (tertiary alicyclic amines) is 1. The van der Waals surface area contributed by atoms with Crippen LogP contribution in [0.3, 0.4) is 0 Å². The van der Waals surface area contributed by atoms with Gasteiger partial charge in [-0.05, 0) is 30.5 Å². The Labute approximate surface area is 134 Å². The Hall–Kier alpha value is -1.59. The summed E-state index contributed by atoms with van der Waals surface area (Å²) in [5.41, 5.74) is 0.610. The van der Waals surface area contributed by atoms with Gasteiger partial charge >= 0.3 is 0 Å². The minimum atomic E-state index is -0.638. The lowest BCUT2D eigenvalue weighted by Gasteiger charge is -2.25. The molecule has 118 valence electrons. The van der Waals surface area contributed by atoms with Crippen LogP contribution in [0.15, 0.2) is 24.3 Å². The first-order valence-corrected chi connectivity index (χ1v) is 7.82. The highest BCUT2D eigenvalue weighted by atomic mass is 35.5. The summed E-state index contributed by atoms with van der Waals surface area (Å²) in [6.07, 6.45) is 1.36. The van der Waals surface area contributed by atoms with Gasteiger partial charge in [-0.15, -0.1) is 0 Å². The molecule has 22 heavy (non-hydrogen) atoms. The molecule has 0 aromatic heterocycles. The van der Waals surface area contributed by atoms with Gasteiger partial charge < -0.3 is 15.3 Å². The predicted octanol–water partition coefficient (Wildman–Crippen LogP) is 1.43. The predicted molar refractivity (Wildman–Crippen MR) is 82.3 cm³/mol. The van der Waals surface area contributed by atoms with Crippen LogP contribution < -0.4 is 5.32 Å². The first-order valence-electron chi connectivity index (χ1n) is 7.45. The number of halogens is 1. The molecule has 1 aromatic carbocycles. The van der Waals surface area contributed by atoms with Gasteiger partial charge in [-0.25, -0.2) is 0 Å². The zero-order chi connectivity index (χ0) is 15.9. The molecule has 2 N–H and O–H groups in total. The van der Waals surface area contributed by atoms with E-state index in [1.807, 2.05) is 18.2 Å². The monoisotopic (exact) mass is 322 g/mol. The second-order valence-electron chi connectivity index (χ2n) is 6.16. The Morgan fingerprint density at radius 3 is 2.73 bits per heavy atom. The third kappa shape index (κ3) is 2.83. The minimum absolute atomic E-state index is 0.190. The number of carbonyl (C=O) groups is 2. The van der Waals surface area contributed by atoms with E-state index in [0.717, 1.165) is 18.4 Å². The number of nitrogens with one attached hydrogen (secondary N) is 1. The van der Waals surface area contributed by atoms with Crippen molar-refractivity contribution in [2.75, 3.05) is 6.54 Å². The number of benzene rings is 1. The van der Waals surface area contributed by atoms with Crippen molar-refractivity contribution in [3.8, 4) is 0 Å². The normalized spacial score (nSPS) is 25.9. The SMILES string of the molecule is CC(=O)N1C[C@H](O)C[C@@H]1C(=O)NC1(c2cccc(Cl)c2)CC1. The van der Waals surface area contributed by atoms with Gasteiger partial charge in [0.1, 0.15) is 6.04 Å². The first-order chi connectivity index (χ1) is 10.4. The van der Waals surface area contributed by atoms with E-state index in [2.05, 4.69) is 5.32 Å². The Morgan fingerprint density at radius 1 is 1.41 bits per heavy atom. The number of hydrogen-bond acceptors (Lipinski definition) is 3. The first kappa shape index (κ1) is 15.3. The fourth-order valence-corrected chi connectivity index (χ4v) is 3.32. The molecule has 6 heteroatoms. The van der Waals surface area contributed by atoms with E-state index >= 15 is 0 Å². The summed E-state index contributed by atoms with van der Waals surface area (Å²) in [5, 5.41) is 13.4. The van der Waals surface area contributed by atoms with Crippen LogP contribution in [0.5, 0.6) is 0 Å². The number of amides is 2. The number of aliphatic hydroxyl groups is 1. The molecule has 0 spiro atoms. The summed E-state index contributed by atoms with van der Waals surface area (Å²) in [6, 6.07) is 6.88. The maximum atomic E-state index is 12.6. The lowest BCUT2D eigenvalue weighted by molar-refractivity contribution is -0.137. The molecular weight excluding hydrogens is 304 g/mol. The topological polar surface area (TPSA) is 69.6 Å². The van der Waals surface area contributed by atoms with Crippen molar-refractivity contribution in [3.63, 3.8) is 0 Å². The van der Waals surface area contributed by atoms with E-state index in [1.54, 1.807) is 6.07 Å². The van der Waals surface area contributed by atoms with Gasteiger partial charge in [0, 0.05) is 24.9 Å². The number of aliphatic hydroxyl groups excluding tert-OH is 1. The fraction of sp³-hybridized carbons (Fsp3) is 0.500. The molecular formula is C16H19ClN2O3. The maximum Gasteiger partial charge on any atom is 0.243 e. The fourth-order valence-electron chi connectivity index (χ4n) is 3.13. The molecule has 0 radical (unpaired) electrons. The molecule has 3 rings (SSSR count). The standard InChI is InChI=1S/C16H19ClN2O3/c1-10(20)19-9-13(21)8-14(19)15(22)18-16(5-6-16)11-3-2-4-12(17)7-11/h2-4,7,13-14,21H,5-6,8-9H2,1H3,(H,18,22)/t13-,14-/m1/s1. The average molecular weight is 323 g/mol. The maximum absolute atomic E-state index is 12.6. The lowest BCUT2D eigenvalue weighted by atomic mass is 10.0. The van der Waals surface area contributed by atoms with Crippen molar-refractivity contribution >= 4 is 23.4 Å². The molecule has 5 nitrogen and oxygen atoms in total. The van der Waals surface area contributed by atoms with E-state index in [-0.39, 0.29) is 30.3 Å². The molecule has 1 heterocycles. The molecule has 1 saturated heterocycles. The second-order valence-corrected chi connectivity index (χ2v) is 6.59. The smallest absolute Gasteiger partial charge is 0.243 e. The third-order valence-corrected chi connectivity index (χ3v) is 4.71. The van der Waals surface area contributed by atoms with E-state index < -0.39 is 12.1 Å². The van der Waals surface area contributed by atoms with Crippen molar-refractivity contribution < 1.29 is 14.7 Å². The van der Waals surface area contributed by atoms with E-state index in [9.17, 15) is 14.7 Å². The summed E-state index contributed by atoms with van der Waals surface area (Å²) in [5.74, 6) is -0.395. The van der Waals surface area contributed by atoms with Gasteiger partial charge in [0.05, 0.1) is 11.6 Å². The highest BCUT2D eigenvalue weighted by Crippen LogP contribution is 2.46. The quantitative estimate of drug-likeness (QED) is 0.884.